The van der Waals surface area contributed by atoms with E-state index in [9.17, 15) is 13.6 Å². The van der Waals surface area contributed by atoms with Gasteiger partial charge in [-0.15, -0.1) is 12.4 Å². The molecule has 4 rings (SSSR count). The van der Waals surface area contributed by atoms with Crippen molar-refractivity contribution >= 4 is 18.3 Å². The molecule has 0 spiro atoms. The van der Waals surface area contributed by atoms with Gasteiger partial charge in [-0.2, -0.15) is 0 Å². The number of fused-ring (bicyclic) bond motifs is 2. The van der Waals surface area contributed by atoms with Crippen LogP contribution >= 0.6 is 12.4 Å². The first-order valence-corrected chi connectivity index (χ1v) is 8.11. The Morgan fingerprint density at radius 2 is 1.78 bits per heavy atom. The highest BCUT2D eigenvalue weighted by molar-refractivity contribution is 5.85. The Balaban J connectivity index is 0.00000156. The van der Waals surface area contributed by atoms with Gasteiger partial charge >= 0.3 is 0 Å². The van der Waals surface area contributed by atoms with Gasteiger partial charge in [0.1, 0.15) is 0 Å². The molecule has 0 aromatic heterocycles. The molecule has 3 nitrogen and oxygen atoms in total. The van der Waals surface area contributed by atoms with Crippen LogP contribution in [0, 0.1) is 17.6 Å². The minimum absolute atomic E-state index is 0. The molecule has 6 heteroatoms. The zero-order valence-corrected chi connectivity index (χ0v) is 13.5. The summed E-state index contributed by atoms with van der Waals surface area (Å²) >= 11 is 0. The number of rotatable bonds is 3. The van der Waals surface area contributed by atoms with E-state index >= 15 is 0 Å². The second kappa shape index (κ2) is 6.36. The molecule has 2 N–H and O–H groups in total. The van der Waals surface area contributed by atoms with Crippen LogP contribution in [0.3, 0.4) is 0 Å². The lowest BCUT2D eigenvalue weighted by atomic mass is 9.99. The van der Waals surface area contributed by atoms with Crippen LogP contribution in [0.15, 0.2) is 18.2 Å². The number of carbonyl (C=O) groups is 1. The summed E-state index contributed by atoms with van der Waals surface area (Å²) in [6, 6.07) is 5.30. The van der Waals surface area contributed by atoms with E-state index in [0.717, 1.165) is 30.9 Å². The van der Waals surface area contributed by atoms with Crippen molar-refractivity contribution in [3.05, 3.63) is 35.4 Å². The van der Waals surface area contributed by atoms with Gasteiger partial charge in [-0.3, -0.25) is 4.79 Å². The third-order valence-electron chi connectivity index (χ3n) is 5.32. The van der Waals surface area contributed by atoms with Crippen molar-refractivity contribution in [2.24, 2.45) is 5.92 Å². The molecule has 1 aromatic carbocycles. The number of halogens is 3. The summed E-state index contributed by atoms with van der Waals surface area (Å²) in [6.45, 7) is 0. The Hall–Kier alpha value is -1.20. The highest BCUT2D eigenvalue weighted by Crippen LogP contribution is 2.48. The normalized spacial score (nSPS) is 34.6. The molecule has 1 aromatic rings. The molecule has 2 bridgehead atoms. The van der Waals surface area contributed by atoms with Crippen LogP contribution < -0.4 is 10.6 Å². The van der Waals surface area contributed by atoms with Gasteiger partial charge in [0.15, 0.2) is 11.6 Å². The maximum absolute atomic E-state index is 13.3. The van der Waals surface area contributed by atoms with E-state index in [1.807, 2.05) is 0 Å². The highest BCUT2D eigenvalue weighted by Gasteiger charge is 2.45. The number of amides is 1. The molecule has 23 heavy (non-hydrogen) atoms. The SMILES string of the molecule is Cl.O=C(NC1CC2CCC(C1)N2)C1CC1c1ccc(F)c(F)c1. The molecule has 3 aliphatic rings. The minimum atomic E-state index is -0.837. The Labute approximate surface area is 140 Å². The van der Waals surface area contributed by atoms with E-state index < -0.39 is 11.6 Å². The first kappa shape index (κ1) is 16.7. The van der Waals surface area contributed by atoms with E-state index in [4.69, 9.17) is 0 Å². The van der Waals surface area contributed by atoms with Crippen LogP contribution in [-0.2, 0) is 4.79 Å². The zero-order valence-electron chi connectivity index (χ0n) is 12.7. The number of carbonyl (C=O) groups excluding carboxylic acids is 1. The molecule has 2 aliphatic heterocycles. The molecular weight excluding hydrogens is 322 g/mol. The average Bonchev–Trinajstić information content (AvgIpc) is 3.22. The van der Waals surface area contributed by atoms with Crippen LogP contribution in [0.1, 0.15) is 43.6 Å². The van der Waals surface area contributed by atoms with E-state index in [1.165, 1.54) is 18.9 Å². The molecule has 0 radical (unpaired) electrons. The van der Waals surface area contributed by atoms with Crippen molar-refractivity contribution in [2.75, 3.05) is 0 Å². The molecule has 1 saturated carbocycles. The van der Waals surface area contributed by atoms with Gasteiger partial charge in [0, 0.05) is 24.0 Å². The lowest BCUT2D eigenvalue weighted by Crippen LogP contribution is -2.48. The van der Waals surface area contributed by atoms with Crippen molar-refractivity contribution in [3.8, 4) is 0 Å². The van der Waals surface area contributed by atoms with Crippen LogP contribution in [0.2, 0.25) is 0 Å². The first-order valence-electron chi connectivity index (χ1n) is 8.11. The van der Waals surface area contributed by atoms with E-state index in [2.05, 4.69) is 10.6 Å². The zero-order chi connectivity index (χ0) is 15.3. The Morgan fingerprint density at radius 1 is 1.09 bits per heavy atom. The second-order valence-electron chi connectivity index (χ2n) is 6.94. The van der Waals surface area contributed by atoms with Crippen LogP contribution in [0.5, 0.6) is 0 Å². The Bertz CT molecular complexity index is 600. The number of hydrogen-bond donors (Lipinski definition) is 2. The molecule has 2 saturated heterocycles. The Morgan fingerprint density at radius 3 is 2.43 bits per heavy atom. The van der Waals surface area contributed by atoms with Crippen molar-refractivity contribution < 1.29 is 13.6 Å². The summed E-state index contributed by atoms with van der Waals surface area (Å²) in [5, 5.41) is 6.72. The fourth-order valence-corrected chi connectivity index (χ4v) is 4.08. The van der Waals surface area contributed by atoms with Gasteiger partial charge in [0.25, 0.3) is 0 Å². The van der Waals surface area contributed by atoms with Crippen molar-refractivity contribution in [3.63, 3.8) is 0 Å². The van der Waals surface area contributed by atoms with E-state index in [-0.39, 0.29) is 36.2 Å². The number of benzene rings is 1. The van der Waals surface area contributed by atoms with Crippen molar-refractivity contribution in [1.29, 1.82) is 0 Å². The molecule has 126 valence electrons. The molecular formula is C17H21ClF2N2O. The van der Waals surface area contributed by atoms with Gasteiger partial charge in [-0.1, -0.05) is 6.07 Å². The maximum atomic E-state index is 13.3. The largest absolute Gasteiger partial charge is 0.353 e. The molecule has 4 atom stereocenters. The van der Waals surface area contributed by atoms with E-state index in [0.29, 0.717) is 12.1 Å². The summed E-state index contributed by atoms with van der Waals surface area (Å²) in [5.74, 6) is -1.65. The second-order valence-corrected chi connectivity index (χ2v) is 6.94. The van der Waals surface area contributed by atoms with Gasteiger partial charge in [-0.05, 0) is 55.7 Å². The molecule has 1 aliphatic carbocycles. The maximum Gasteiger partial charge on any atom is 0.223 e. The summed E-state index contributed by atoms with van der Waals surface area (Å²) < 4.78 is 26.2. The molecule has 3 fully saturated rings. The summed E-state index contributed by atoms with van der Waals surface area (Å²) in [5.41, 5.74) is 0.726. The number of nitrogens with one attached hydrogen (secondary N) is 2. The van der Waals surface area contributed by atoms with E-state index in [1.54, 1.807) is 6.07 Å². The molecule has 2 heterocycles. The van der Waals surface area contributed by atoms with Gasteiger partial charge in [-0.25, -0.2) is 8.78 Å². The van der Waals surface area contributed by atoms with Crippen LogP contribution in [0.4, 0.5) is 8.78 Å². The van der Waals surface area contributed by atoms with Gasteiger partial charge < -0.3 is 10.6 Å². The molecule has 1 amide bonds. The standard InChI is InChI=1S/C17H20F2N2O.ClH/c18-15-4-1-9(5-16(15)19)13-8-14(13)17(22)21-12-6-10-2-3-11(7-12)20-10;/h1,4-5,10-14,20H,2-3,6-8H2,(H,21,22);1H. The van der Waals surface area contributed by atoms with Crippen molar-refractivity contribution in [1.82, 2.24) is 10.6 Å². The Kier molecular flexibility index (Phi) is 4.61. The van der Waals surface area contributed by atoms with Crippen molar-refractivity contribution in [2.45, 2.75) is 56.1 Å². The lowest BCUT2D eigenvalue weighted by Gasteiger charge is -2.29. The van der Waals surface area contributed by atoms with Crippen LogP contribution in [0.25, 0.3) is 0 Å². The number of hydrogen-bond acceptors (Lipinski definition) is 2. The first-order chi connectivity index (χ1) is 10.6. The average molecular weight is 343 g/mol. The predicted molar refractivity (Wildman–Crippen MR) is 85.6 cm³/mol. The third-order valence-corrected chi connectivity index (χ3v) is 5.32. The van der Waals surface area contributed by atoms with Crippen LogP contribution in [-0.4, -0.2) is 24.0 Å². The summed E-state index contributed by atoms with van der Waals surface area (Å²) in [6.07, 6.45) is 5.15. The third kappa shape index (κ3) is 3.36. The lowest BCUT2D eigenvalue weighted by molar-refractivity contribution is -0.123. The van der Waals surface area contributed by atoms with Gasteiger partial charge in [0.05, 0.1) is 0 Å². The summed E-state index contributed by atoms with van der Waals surface area (Å²) in [4.78, 5) is 12.3. The topological polar surface area (TPSA) is 41.1 Å². The predicted octanol–water partition coefficient (Wildman–Crippen LogP) is 2.89. The monoisotopic (exact) mass is 342 g/mol. The fourth-order valence-electron chi connectivity index (χ4n) is 4.08. The number of piperidine rings is 1. The smallest absolute Gasteiger partial charge is 0.223 e. The quantitative estimate of drug-likeness (QED) is 0.887. The molecule has 4 unspecified atom stereocenters. The minimum Gasteiger partial charge on any atom is -0.353 e. The van der Waals surface area contributed by atoms with Gasteiger partial charge in [0.2, 0.25) is 5.91 Å². The fraction of sp³-hybridized carbons (Fsp3) is 0.588. The highest BCUT2D eigenvalue weighted by atomic mass is 35.5. The summed E-state index contributed by atoms with van der Waals surface area (Å²) in [7, 11) is 0.